The Morgan fingerprint density at radius 1 is 1.11 bits per heavy atom. The molecule has 4 rings (SSSR count). The van der Waals surface area contributed by atoms with Gasteiger partial charge in [0, 0.05) is 26.2 Å². The number of morpholine rings is 1. The van der Waals surface area contributed by atoms with Crippen molar-refractivity contribution in [1.82, 2.24) is 19.3 Å². The molecule has 8 heteroatoms. The number of nitrogens with zero attached hydrogens (tertiary/aromatic N) is 5. The van der Waals surface area contributed by atoms with Gasteiger partial charge < -0.3 is 15.0 Å². The van der Waals surface area contributed by atoms with Gasteiger partial charge >= 0.3 is 0 Å². The molecule has 0 spiro atoms. The first-order valence-electron chi connectivity index (χ1n) is 8.91. The molecule has 1 aliphatic heterocycles. The molecule has 2 aromatic heterocycles. The molecule has 1 N–H and O–H groups in total. The molecule has 3 heterocycles. The SMILES string of the molecule is Cc1c(Nc2cc(N3CCOCC3)ncn2)c(=O)n(-c2ccccc2)n1C. The first-order valence-corrected chi connectivity index (χ1v) is 8.91. The highest BCUT2D eigenvalue weighted by Gasteiger charge is 2.18. The summed E-state index contributed by atoms with van der Waals surface area (Å²) in [6, 6.07) is 11.4. The lowest BCUT2D eigenvalue weighted by atomic mass is 10.3. The molecule has 1 saturated heterocycles. The number of benzene rings is 1. The first kappa shape index (κ1) is 17.3. The number of hydrogen-bond donors (Lipinski definition) is 1. The van der Waals surface area contributed by atoms with E-state index in [0.29, 0.717) is 24.7 Å². The number of aromatic nitrogens is 4. The van der Waals surface area contributed by atoms with E-state index in [1.807, 2.05) is 55.1 Å². The van der Waals surface area contributed by atoms with Gasteiger partial charge in [0.25, 0.3) is 5.56 Å². The Morgan fingerprint density at radius 3 is 2.59 bits per heavy atom. The number of rotatable bonds is 4. The topological polar surface area (TPSA) is 77.2 Å². The highest BCUT2D eigenvalue weighted by molar-refractivity contribution is 5.61. The van der Waals surface area contributed by atoms with E-state index in [-0.39, 0.29) is 5.56 Å². The van der Waals surface area contributed by atoms with Crippen molar-refractivity contribution in [3.8, 4) is 5.69 Å². The normalized spacial score (nSPS) is 14.4. The molecule has 0 amide bonds. The predicted molar refractivity (Wildman–Crippen MR) is 104 cm³/mol. The second-order valence-electron chi connectivity index (χ2n) is 6.42. The minimum absolute atomic E-state index is 0.118. The third kappa shape index (κ3) is 3.31. The van der Waals surface area contributed by atoms with Crippen LogP contribution >= 0.6 is 0 Å². The van der Waals surface area contributed by atoms with Gasteiger partial charge in [0.05, 0.1) is 24.6 Å². The molecule has 0 bridgehead atoms. The molecule has 3 aromatic rings. The molecule has 1 fully saturated rings. The maximum Gasteiger partial charge on any atom is 0.295 e. The van der Waals surface area contributed by atoms with Crippen molar-refractivity contribution in [3.63, 3.8) is 0 Å². The second kappa shape index (κ2) is 7.24. The zero-order valence-electron chi connectivity index (χ0n) is 15.4. The zero-order chi connectivity index (χ0) is 18.8. The number of para-hydroxylation sites is 1. The molecular formula is C19H22N6O2. The van der Waals surface area contributed by atoms with Gasteiger partial charge in [0.15, 0.2) is 0 Å². The zero-order valence-corrected chi connectivity index (χ0v) is 15.4. The Labute approximate surface area is 157 Å². The third-order valence-electron chi connectivity index (χ3n) is 4.80. The van der Waals surface area contributed by atoms with Crippen molar-refractivity contribution < 1.29 is 4.74 Å². The Hall–Kier alpha value is -3.13. The monoisotopic (exact) mass is 366 g/mol. The molecule has 0 aliphatic carbocycles. The van der Waals surface area contributed by atoms with Crippen molar-refractivity contribution in [3.05, 3.63) is 58.8 Å². The highest BCUT2D eigenvalue weighted by Crippen LogP contribution is 2.21. The molecule has 1 aliphatic rings. The second-order valence-corrected chi connectivity index (χ2v) is 6.42. The van der Waals surface area contributed by atoms with Gasteiger partial charge in [-0.2, -0.15) is 0 Å². The maximum absolute atomic E-state index is 13.0. The van der Waals surface area contributed by atoms with E-state index in [1.165, 1.54) is 6.33 Å². The fourth-order valence-electron chi connectivity index (χ4n) is 3.22. The quantitative estimate of drug-likeness (QED) is 0.759. The highest BCUT2D eigenvalue weighted by atomic mass is 16.5. The van der Waals surface area contributed by atoms with Crippen LogP contribution in [0, 0.1) is 6.92 Å². The molecule has 1 aromatic carbocycles. The van der Waals surface area contributed by atoms with Crippen LogP contribution in [0.4, 0.5) is 17.3 Å². The van der Waals surface area contributed by atoms with E-state index < -0.39 is 0 Å². The lowest BCUT2D eigenvalue weighted by Gasteiger charge is -2.27. The molecule has 27 heavy (non-hydrogen) atoms. The summed E-state index contributed by atoms with van der Waals surface area (Å²) in [7, 11) is 1.87. The standard InChI is InChI=1S/C19H22N6O2/c1-14-18(19(26)25(23(14)2)15-6-4-3-5-7-15)22-16-12-17(21-13-20-16)24-8-10-27-11-9-24/h3-7,12-13H,8-11H2,1-2H3,(H,20,21,22). The average Bonchev–Trinajstić information content (AvgIpc) is 2.93. The van der Waals surface area contributed by atoms with E-state index in [0.717, 1.165) is 30.3 Å². The van der Waals surface area contributed by atoms with Crippen LogP contribution in [0.3, 0.4) is 0 Å². The van der Waals surface area contributed by atoms with Crippen LogP contribution in [0.2, 0.25) is 0 Å². The van der Waals surface area contributed by atoms with E-state index in [4.69, 9.17) is 4.74 Å². The summed E-state index contributed by atoms with van der Waals surface area (Å²) in [6.45, 7) is 4.87. The van der Waals surface area contributed by atoms with Crippen molar-refractivity contribution in [2.24, 2.45) is 7.05 Å². The van der Waals surface area contributed by atoms with Gasteiger partial charge in [-0.25, -0.2) is 14.6 Å². The molecule has 0 radical (unpaired) electrons. The van der Waals surface area contributed by atoms with E-state index >= 15 is 0 Å². The van der Waals surface area contributed by atoms with Crippen LogP contribution in [0.25, 0.3) is 5.69 Å². The largest absolute Gasteiger partial charge is 0.378 e. The number of ether oxygens (including phenoxy) is 1. The van der Waals surface area contributed by atoms with Gasteiger partial charge in [-0.1, -0.05) is 18.2 Å². The van der Waals surface area contributed by atoms with Crippen LogP contribution in [-0.4, -0.2) is 45.6 Å². The minimum atomic E-state index is -0.118. The number of nitrogens with one attached hydrogen (secondary N) is 1. The lowest BCUT2D eigenvalue weighted by molar-refractivity contribution is 0.122. The van der Waals surface area contributed by atoms with Crippen LogP contribution in [0.1, 0.15) is 5.69 Å². The Morgan fingerprint density at radius 2 is 1.85 bits per heavy atom. The smallest absolute Gasteiger partial charge is 0.295 e. The number of hydrogen-bond acceptors (Lipinski definition) is 6. The van der Waals surface area contributed by atoms with E-state index in [1.54, 1.807) is 4.68 Å². The predicted octanol–water partition coefficient (Wildman–Crippen LogP) is 1.85. The third-order valence-corrected chi connectivity index (χ3v) is 4.80. The van der Waals surface area contributed by atoms with Gasteiger partial charge in [-0.15, -0.1) is 0 Å². The Balaban J connectivity index is 1.67. The summed E-state index contributed by atoms with van der Waals surface area (Å²) in [5.74, 6) is 1.42. The molecule has 0 atom stereocenters. The summed E-state index contributed by atoms with van der Waals surface area (Å²) >= 11 is 0. The van der Waals surface area contributed by atoms with Crippen molar-refractivity contribution in [2.75, 3.05) is 36.5 Å². The van der Waals surface area contributed by atoms with Gasteiger partial charge in [-0.3, -0.25) is 9.48 Å². The van der Waals surface area contributed by atoms with Crippen molar-refractivity contribution >= 4 is 17.3 Å². The van der Waals surface area contributed by atoms with Gasteiger partial charge in [-0.05, 0) is 19.1 Å². The lowest BCUT2D eigenvalue weighted by Crippen LogP contribution is -2.36. The summed E-state index contributed by atoms with van der Waals surface area (Å²) in [5, 5.41) is 3.19. The van der Waals surface area contributed by atoms with Crippen LogP contribution in [0.5, 0.6) is 0 Å². The minimum Gasteiger partial charge on any atom is -0.378 e. The molecule has 0 unspecified atom stereocenters. The van der Waals surface area contributed by atoms with Crippen LogP contribution < -0.4 is 15.8 Å². The number of anilines is 3. The summed E-state index contributed by atoms with van der Waals surface area (Å²) in [6.07, 6.45) is 1.52. The summed E-state index contributed by atoms with van der Waals surface area (Å²) < 4.78 is 8.87. The first-order chi connectivity index (χ1) is 13.1. The molecule has 140 valence electrons. The van der Waals surface area contributed by atoms with E-state index in [9.17, 15) is 4.79 Å². The van der Waals surface area contributed by atoms with Crippen molar-refractivity contribution in [1.29, 1.82) is 0 Å². The van der Waals surface area contributed by atoms with E-state index in [2.05, 4.69) is 20.2 Å². The van der Waals surface area contributed by atoms with Crippen LogP contribution in [-0.2, 0) is 11.8 Å². The molecular weight excluding hydrogens is 344 g/mol. The fourth-order valence-corrected chi connectivity index (χ4v) is 3.22. The Kier molecular flexibility index (Phi) is 4.64. The Bertz CT molecular complexity index is 989. The van der Waals surface area contributed by atoms with Gasteiger partial charge in [0.2, 0.25) is 0 Å². The fraction of sp³-hybridized carbons (Fsp3) is 0.316. The van der Waals surface area contributed by atoms with Crippen LogP contribution in [0.15, 0.2) is 47.5 Å². The summed E-state index contributed by atoms with van der Waals surface area (Å²) in [5.41, 5.74) is 2.04. The summed E-state index contributed by atoms with van der Waals surface area (Å²) in [4.78, 5) is 23.8. The van der Waals surface area contributed by atoms with Gasteiger partial charge in [0.1, 0.15) is 23.7 Å². The maximum atomic E-state index is 13.0. The molecule has 0 saturated carbocycles. The van der Waals surface area contributed by atoms with Crippen molar-refractivity contribution in [2.45, 2.75) is 6.92 Å². The molecule has 8 nitrogen and oxygen atoms in total. The average molecular weight is 366 g/mol.